The Morgan fingerprint density at radius 2 is 2.00 bits per heavy atom. The van der Waals surface area contributed by atoms with Crippen LogP contribution in [0.1, 0.15) is 72.0 Å². The highest BCUT2D eigenvalue weighted by Gasteiger charge is 2.39. The third-order valence-corrected chi connectivity index (χ3v) is 6.05. The van der Waals surface area contributed by atoms with Crippen molar-refractivity contribution < 1.29 is 26.2 Å². The van der Waals surface area contributed by atoms with E-state index in [1.54, 1.807) is 19.9 Å². The Morgan fingerprint density at radius 1 is 1.29 bits per heavy atom. The normalized spacial score (nSPS) is 17.7. The Bertz CT molecular complexity index is 835. The molecule has 0 aromatic carbocycles. The molecular weight excluding hydrogens is 401 g/mol. The zero-order valence-electron chi connectivity index (χ0n) is 20.4. The number of nitrogens with zero attached hydrogens (tertiary/aromatic N) is 2. The Labute approximate surface area is 186 Å². The first kappa shape index (κ1) is 20.5. The number of hydrogen-bond donors (Lipinski definition) is 1. The maximum absolute atomic E-state index is 13.1. The van der Waals surface area contributed by atoms with E-state index in [9.17, 15) is 14.0 Å². The lowest BCUT2D eigenvalue weighted by molar-refractivity contribution is -0.152. The van der Waals surface area contributed by atoms with Crippen LogP contribution in [0.25, 0.3) is 0 Å². The number of carbonyl (C=O) groups is 2. The van der Waals surface area contributed by atoms with Gasteiger partial charge >= 0.3 is 5.97 Å². The van der Waals surface area contributed by atoms with E-state index >= 15 is 0 Å². The minimum absolute atomic E-state index is 0.142. The second-order valence-electron chi connectivity index (χ2n) is 8.23. The van der Waals surface area contributed by atoms with Crippen LogP contribution in [0.3, 0.4) is 0 Å². The third kappa shape index (κ3) is 5.86. The smallest absolute Gasteiger partial charge is 0.331 e. The summed E-state index contributed by atoms with van der Waals surface area (Å²) >= 11 is 0. The van der Waals surface area contributed by atoms with Crippen LogP contribution in [-0.2, 0) is 9.53 Å². The molecule has 0 unspecified atom stereocenters. The summed E-state index contributed by atoms with van der Waals surface area (Å²) in [4.78, 5) is 32.5. The second-order valence-corrected chi connectivity index (χ2v) is 8.23. The number of anilines is 1. The fourth-order valence-corrected chi connectivity index (χ4v) is 3.71. The van der Waals surface area contributed by atoms with Gasteiger partial charge < -0.3 is 19.7 Å². The Morgan fingerprint density at radius 3 is 2.61 bits per heavy atom. The Hall–Kier alpha value is -2.38. The molecule has 1 aromatic rings. The highest BCUT2D eigenvalue weighted by Crippen LogP contribution is 2.33. The molecule has 1 aliphatic heterocycles. The summed E-state index contributed by atoms with van der Waals surface area (Å²) in [5.74, 6) is -0.277. The lowest BCUT2D eigenvalue weighted by Crippen LogP contribution is -2.54. The van der Waals surface area contributed by atoms with Gasteiger partial charge in [0.05, 0.1) is 28.3 Å². The highest BCUT2D eigenvalue weighted by molar-refractivity contribution is 5.97. The van der Waals surface area contributed by atoms with E-state index in [4.69, 9.17) is 12.2 Å². The molecule has 1 saturated heterocycles. The molecule has 8 heteroatoms. The molecule has 1 aromatic heterocycles. The van der Waals surface area contributed by atoms with Crippen molar-refractivity contribution in [2.45, 2.75) is 64.3 Å². The van der Waals surface area contributed by atoms with E-state index in [1.807, 2.05) is 6.07 Å². The topological polar surface area (TPSA) is 80.8 Å². The molecule has 2 aliphatic rings. The molecule has 2 fully saturated rings. The molecule has 2 heterocycles. The van der Waals surface area contributed by atoms with Gasteiger partial charge in [-0.2, -0.15) is 0 Å². The van der Waals surface area contributed by atoms with Gasteiger partial charge in [0.2, 0.25) is 5.88 Å². The number of ether oxygens (including phenoxy) is 2. The van der Waals surface area contributed by atoms with Crippen molar-refractivity contribution >= 4 is 17.6 Å². The second kappa shape index (κ2) is 10.8. The quantitative estimate of drug-likeness (QED) is 0.503. The average Bonchev–Trinajstić information content (AvgIpc) is 3.45. The van der Waals surface area contributed by atoms with E-state index in [2.05, 4.69) is 15.2 Å². The van der Waals surface area contributed by atoms with E-state index in [0.717, 1.165) is 44.5 Å². The third-order valence-electron chi connectivity index (χ3n) is 6.05. The van der Waals surface area contributed by atoms with Crippen molar-refractivity contribution in [2.75, 3.05) is 37.8 Å². The molecule has 1 N–H and O–H groups in total. The van der Waals surface area contributed by atoms with Crippen LogP contribution in [0.4, 0.5) is 10.1 Å². The minimum Gasteiger partial charge on any atom is -0.476 e. The van der Waals surface area contributed by atoms with E-state index in [1.165, 1.54) is 0 Å². The standard InChI is InChI=1S/C23H34FN3O4/c1-3-23(4-2,22(29)30-15-7-12-24)26-20(28)18-10-11-19(27-13-5-6-14-27)21(25-18)31-16-17-8-9-17/h10-11,17H,3-9,12-16H2,1-2H3,(H,26,28)/i12D2. The van der Waals surface area contributed by atoms with Crippen LogP contribution in [0.5, 0.6) is 5.88 Å². The molecule has 0 radical (unpaired) electrons. The van der Waals surface area contributed by atoms with E-state index in [-0.39, 0.29) is 18.5 Å². The first-order chi connectivity index (χ1) is 15.7. The van der Waals surface area contributed by atoms with Crippen LogP contribution in [0.15, 0.2) is 12.1 Å². The molecule has 3 rings (SSSR count). The summed E-state index contributed by atoms with van der Waals surface area (Å²) in [7, 11) is 0. The van der Waals surface area contributed by atoms with Crippen LogP contribution in [0, 0.1) is 5.92 Å². The average molecular weight is 438 g/mol. The van der Waals surface area contributed by atoms with Crippen molar-refractivity contribution in [3.8, 4) is 5.88 Å². The maximum Gasteiger partial charge on any atom is 0.331 e. The number of rotatable bonds is 12. The summed E-state index contributed by atoms with van der Waals surface area (Å²) in [6, 6.07) is 3.47. The largest absolute Gasteiger partial charge is 0.476 e. The van der Waals surface area contributed by atoms with Gasteiger partial charge in [0.1, 0.15) is 11.2 Å². The zero-order valence-corrected chi connectivity index (χ0v) is 18.4. The fraction of sp³-hybridized carbons (Fsp3) is 0.696. The van der Waals surface area contributed by atoms with Crippen molar-refractivity contribution in [1.82, 2.24) is 10.3 Å². The van der Waals surface area contributed by atoms with Gasteiger partial charge in [-0.1, -0.05) is 13.8 Å². The SMILES string of the molecule is [2H]C([2H])(F)CCOC(=O)C(CC)(CC)NC(=O)c1ccc(N2CCCC2)c(OCC2CC2)n1. The number of halogens is 1. The molecule has 1 amide bonds. The molecule has 0 bridgehead atoms. The Balaban J connectivity index is 1.74. The van der Waals surface area contributed by atoms with Gasteiger partial charge in [0.25, 0.3) is 5.91 Å². The monoisotopic (exact) mass is 437 g/mol. The predicted octanol–water partition coefficient (Wildman–Crippen LogP) is 3.66. The number of alkyl halides is 1. The van der Waals surface area contributed by atoms with Gasteiger partial charge in [-0.3, -0.25) is 9.18 Å². The molecule has 0 spiro atoms. The van der Waals surface area contributed by atoms with Crippen molar-refractivity contribution in [3.63, 3.8) is 0 Å². The van der Waals surface area contributed by atoms with Crippen LogP contribution < -0.4 is 15.0 Å². The lowest BCUT2D eigenvalue weighted by atomic mass is 9.92. The number of hydrogen-bond acceptors (Lipinski definition) is 6. The van der Waals surface area contributed by atoms with Gasteiger partial charge in [-0.25, -0.2) is 9.78 Å². The first-order valence-corrected chi connectivity index (χ1v) is 11.2. The van der Waals surface area contributed by atoms with E-state index in [0.29, 0.717) is 18.4 Å². The number of nitrogens with one attached hydrogen (secondary N) is 1. The molecule has 1 saturated carbocycles. The summed E-state index contributed by atoms with van der Waals surface area (Å²) in [5.41, 5.74) is -0.297. The van der Waals surface area contributed by atoms with Gasteiger partial charge in [-0.05, 0) is 56.6 Å². The number of amides is 1. The molecule has 7 nitrogen and oxygen atoms in total. The summed E-state index contributed by atoms with van der Waals surface area (Å²) in [6.07, 6.45) is 4.43. The minimum atomic E-state index is -2.93. The summed E-state index contributed by atoms with van der Waals surface area (Å²) in [6.45, 7) is 2.56. The number of carbonyl (C=O) groups excluding carboxylic acids is 2. The van der Waals surface area contributed by atoms with Crippen LogP contribution in [0.2, 0.25) is 0 Å². The van der Waals surface area contributed by atoms with Crippen LogP contribution in [-0.4, -0.2) is 55.3 Å². The molecule has 1 aliphatic carbocycles. The van der Waals surface area contributed by atoms with Crippen LogP contribution >= 0.6 is 0 Å². The van der Waals surface area contributed by atoms with Crippen molar-refractivity contribution in [1.29, 1.82) is 0 Å². The van der Waals surface area contributed by atoms with Crippen molar-refractivity contribution in [2.24, 2.45) is 5.92 Å². The summed E-state index contributed by atoms with van der Waals surface area (Å²) < 4.78 is 38.0. The maximum atomic E-state index is 13.1. The molecule has 31 heavy (non-hydrogen) atoms. The van der Waals surface area contributed by atoms with Crippen molar-refractivity contribution in [3.05, 3.63) is 17.8 Å². The predicted molar refractivity (Wildman–Crippen MR) is 116 cm³/mol. The molecule has 0 atom stereocenters. The van der Waals surface area contributed by atoms with Gasteiger partial charge in [0, 0.05) is 19.5 Å². The summed E-state index contributed by atoms with van der Waals surface area (Å²) in [5, 5.41) is 2.75. The first-order valence-electron chi connectivity index (χ1n) is 12.2. The van der Waals surface area contributed by atoms with E-state index < -0.39 is 37.1 Å². The number of pyridine rings is 1. The molecular formula is C23H34FN3O4. The fourth-order valence-electron chi connectivity index (χ4n) is 3.71. The number of aromatic nitrogens is 1. The lowest BCUT2D eigenvalue weighted by Gasteiger charge is -2.30. The zero-order chi connectivity index (χ0) is 24.1. The number of esters is 1. The highest BCUT2D eigenvalue weighted by atomic mass is 19.1. The molecule has 172 valence electrons. The van der Waals surface area contributed by atoms with Gasteiger partial charge in [0.15, 0.2) is 0 Å². The Kier molecular flexibility index (Phi) is 7.13. The van der Waals surface area contributed by atoms with Gasteiger partial charge in [-0.15, -0.1) is 0 Å².